The average molecular weight is 407 g/mol. The topological polar surface area (TPSA) is 68.5 Å². The maximum absolute atomic E-state index is 12.3. The highest BCUT2D eigenvalue weighted by atomic mass is 32.1. The van der Waals surface area contributed by atoms with E-state index in [4.69, 9.17) is 4.74 Å². The van der Waals surface area contributed by atoms with Crippen molar-refractivity contribution in [2.45, 2.75) is 26.7 Å². The molecule has 0 bridgehead atoms. The molecule has 0 fully saturated rings. The second-order valence-corrected chi connectivity index (χ2v) is 7.67. The van der Waals surface area contributed by atoms with Crippen LogP contribution in [0, 0.1) is 13.8 Å². The Morgan fingerprint density at radius 1 is 1.10 bits per heavy atom. The minimum Gasteiger partial charge on any atom is -0.493 e. The van der Waals surface area contributed by atoms with Gasteiger partial charge in [0.2, 0.25) is 16.8 Å². The molecule has 0 radical (unpaired) electrons. The van der Waals surface area contributed by atoms with Crippen molar-refractivity contribution in [1.29, 1.82) is 0 Å². The fraction of sp³-hybridized carbons (Fsp3) is 0.227. The summed E-state index contributed by atoms with van der Waals surface area (Å²) in [7, 11) is 0. The van der Waals surface area contributed by atoms with Gasteiger partial charge in [0.15, 0.2) is 0 Å². The lowest BCUT2D eigenvalue weighted by Gasteiger charge is -2.11. The first-order valence-electron chi connectivity index (χ1n) is 9.50. The molecule has 6 nitrogen and oxygen atoms in total. The Balaban J connectivity index is 1.33. The standard InChI is InChI=1S/C22H22N4O2S/c1-15-8-6-9-16(2)20(15)28-13-7-12-19(27)23-21-24-22-26(25-21)18(14-29-22)17-10-4-3-5-11-17/h3-6,8-11,14H,7,12-13H2,1-2H3,(H,23,25,27). The number of hydrogen-bond acceptors (Lipinski definition) is 5. The number of aromatic nitrogens is 3. The molecule has 2 aromatic heterocycles. The fourth-order valence-electron chi connectivity index (χ4n) is 3.16. The van der Waals surface area contributed by atoms with Crippen molar-refractivity contribution < 1.29 is 9.53 Å². The Kier molecular flexibility index (Phi) is 5.57. The zero-order valence-electron chi connectivity index (χ0n) is 16.4. The number of para-hydroxylation sites is 1. The van der Waals surface area contributed by atoms with Gasteiger partial charge >= 0.3 is 0 Å². The highest BCUT2D eigenvalue weighted by Gasteiger charge is 2.13. The molecule has 4 aromatic rings. The molecule has 0 atom stereocenters. The van der Waals surface area contributed by atoms with Crippen LogP contribution in [0.2, 0.25) is 0 Å². The molecule has 1 N–H and O–H groups in total. The first kappa shape index (κ1) is 19.1. The van der Waals surface area contributed by atoms with Crippen molar-refractivity contribution in [2.75, 3.05) is 11.9 Å². The Hall–Kier alpha value is -3.19. The maximum Gasteiger partial charge on any atom is 0.250 e. The third-order valence-electron chi connectivity index (χ3n) is 4.61. The van der Waals surface area contributed by atoms with Gasteiger partial charge in [-0.1, -0.05) is 48.5 Å². The van der Waals surface area contributed by atoms with E-state index in [-0.39, 0.29) is 5.91 Å². The summed E-state index contributed by atoms with van der Waals surface area (Å²) in [5, 5.41) is 9.24. The number of aryl methyl sites for hydroxylation is 2. The largest absolute Gasteiger partial charge is 0.493 e. The third kappa shape index (κ3) is 4.30. The predicted octanol–water partition coefficient (Wildman–Crippen LogP) is 4.87. The molecule has 1 amide bonds. The second-order valence-electron chi connectivity index (χ2n) is 6.84. The molecule has 2 aromatic carbocycles. The highest BCUT2D eigenvalue weighted by Crippen LogP contribution is 2.26. The van der Waals surface area contributed by atoms with Gasteiger partial charge in [-0.15, -0.1) is 16.4 Å². The molecule has 7 heteroatoms. The fourth-order valence-corrected chi connectivity index (χ4v) is 3.99. The number of fused-ring (bicyclic) bond motifs is 1. The van der Waals surface area contributed by atoms with Crippen molar-refractivity contribution in [3.8, 4) is 17.0 Å². The summed E-state index contributed by atoms with van der Waals surface area (Å²) < 4.78 is 7.62. The van der Waals surface area contributed by atoms with Gasteiger partial charge in [0.1, 0.15) is 5.75 Å². The van der Waals surface area contributed by atoms with Crippen molar-refractivity contribution in [3.05, 3.63) is 65.0 Å². The molecule has 29 heavy (non-hydrogen) atoms. The van der Waals surface area contributed by atoms with Gasteiger partial charge in [0.05, 0.1) is 12.3 Å². The summed E-state index contributed by atoms with van der Waals surface area (Å²) in [5.74, 6) is 1.11. The quantitative estimate of drug-likeness (QED) is 0.445. The van der Waals surface area contributed by atoms with Crippen LogP contribution in [0.4, 0.5) is 5.95 Å². The van der Waals surface area contributed by atoms with E-state index < -0.39 is 0 Å². The number of nitrogens with zero attached hydrogens (tertiary/aromatic N) is 3. The number of thiazole rings is 1. The summed E-state index contributed by atoms with van der Waals surface area (Å²) in [6.07, 6.45) is 0.973. The number of benzene rings is 2. The van der Waals surface area contributed by atoms with Crippen molar-refractivity contribution in [1.82, 2.24) is 14.6 Å². The lowest BCUT2D eigenvalue weighted by atomic mass is 10.1. The number of hydrogen-bond donors (Lipinski definition) is 1. The summed E-state index contributed by atoms with van der Waals surface area (Å²) >= 11 is 1.50. The first-order chi connectivity index (χ1) is 14.1. The van der Waals surface area contributed by atoms with Gasteiger partial charge in [-0.2, -0.15) is 4.98 Å². The number of nitrogens with one attached hydrogen (secondary N) is 1. The number of anilines is 1. The first-order valence-corrected chi connectivity index (χ1v) is 10.4. The van der Waals surface area contributed by atoms with Crippen LogP contribution in [0.1, 0.15) is 24.0 Å². The molecular formula is C22H22N4O2S. The summed E-state index contributed by atoms with van der Waals surface area (Å²) in [6, 6.07) is 16.1. The molecule has 0 aliphatic heterocycles. The van der Waals surface area contributed by atoms with Gasteiger partial charge in [0.25, 0.3) is 0 Å². The van der Waals surface area contributed by atoms with Crippen LogP contribution in [0.15, 0.2) is 53.9 Å². The average Bonchev–Trinajstić information content (AvgIpc) is 3.27. The SMILES string of the molecule is Cc1cccc(C)c1OCCCC(=O)Nc1nc2scc(-c3ccccc3)n2n1. The number of carbonyl (C=O) groups excluding carboxylic acids is 1. The van der Waals surface area contributed by atoms with Crippen LogP contribution >= 0.6 is 11.3 Å². The monoisotopic (exact) mass is 406 g/mol. The second kappa shape index (κ2) is 8.45. The van der Waals surface area contributed by atoms with Crippen LogP contribution in [0.5, 0.6) is 5.75 Å². The summed E-state index contributed by atoms with van der Waals surface area (Å²) in [5.41, 5.74) is 4.22. The van der Waals surface area contributed by atoms with E-state index >= 15 is 0 Å². The van der Waals surface area contributed by atoms with Crippen molar-refractivity contribution in [3.63, 3.8) is 0 Å². The number of ether oxygens (including phenoxy) is 1. The van der Waals surface area contributed by atoms with Crippen molar-refractivity contribution in [2.24, 2.45) is 0 Å². The van der Waals surface area contributed by atoms with E-state index in [9.17, 15) is 4.79 Å². The summed E-state index contributed by atoms with van der Waals surface area (Å²) in [4.78, 5) is 17.4. The van der Waals surface area contributed by atoms with Gasteiger partial charge in [0, 0.05) is 17.4 Å². The minimum atomic E-state index is -0.116. The molecule has 0 spiro atoms. The molecule has 0 unspecified atom stereocenters. The van der Waals surface area contributed by atoms with Crippen LogP contribution in [0.3, 0.4) is 0 Å². The van der Waals surface area contributed by atoms with Gasteiger partial charge in [-0.25, -0.2) is 4.52 Å². The van der Waals surface area contributed by atoms with Crippen LogP contribution in [-0.4, -0.2) is 27.1 Å². The van der Waals surface area contributed by atoms with Gasteiger partial charge in [-0.05, 0) is 31.4 Å². The number of amides is 1. The van der Waals surface area contributed by atoms with E-state index in [1.165, 1.54) is 11.3 Å². The van der Waals surface area contributed by atoms with E-state index in [1.807, 2.05) is 67.8 Å². The molecule has 0 aliphatic carbocycles. The molecule has 2 heterocycles. The van der Waals surface area contributed by atoms with E-state index in [0.29, 0.717) is 25.4 Å². The Morgan fingerprint density at radius 3 is 2.62 bits per heavy atom. The predicted molar refractivity (Wildman–Crippen MR) is 116 cm³/mol. The number of carbonyl (C=O) groups is 1. The van der Waals surface area contributed by atoms with E-state index in [1.54, 1.807) is 4.52 Å². The Bertz CT molecular complexity index is 1110. The molecule has 148 valence electrons. The minimum absolute atomic E-state index is 0.116. The normalized spacial score (nSPS) is 11.0. The Morgan fingerprint density at radius 2 is 1.86 bits per heavy atom. The Labute approximate surface area is 173 Å². The lowest BCUT2D eigenvalue weighted by Crippen LogP contribution is -2.14. The molecule has 0 aliphatic rings. The van der Waals surface area contributed by atoms with Crippen LogP contribution in [0.25, 0.3) is 16.2 Å². The number of rotatable bonds is 7. The van der Waals surface area contributed by atoms with Crippen LogP contribution in [-0.2, 0) is 4.79 Å². The van der Waals surface area contributed by atoms with Crippen LogP contribution < -0.4 is 10.1 Å². The van der Waals surface area contributed by atoms with E-state index in [0.717, 1.165) is 33.1 Å². The zero-order valence-corrected chi connectivity index (χ0v) is 17.2. The molecular weight excluding hydrogens is 384 g/mol. The summed E-state index contributed by atoms with van der Waals surface area (Å²) in [6.45, 7) is 4.53. The zero-order chi connectivity index (χ0) is 20.2. The molecule has 4 rings (SSSR count). The van der Waals surface area contributed by atoms with Crippen molar-refractivity contribution >= 4 is 28.2 Å². The lowest BCUT2D eigenvalue weighted by molar-refractivity contribution is -0.116. The smallest absolute Gasteiger partial charge is 0.250 e. The molecule has 0 saturated heterocycles. The highest BCUT2D eigenvalue weighted by molar-refractivity contribution is 7.15. The van der Waals surface area contributed by atoms with Gasteiger partial charge in [-0.3, -0.25) is 10.1 Å². The maximum atomic E-state index is 12.3. The molecule has 0 saturated carbocycles. The van der Waals surface area contributed by atoms with Gasteiger partial charge < -0.3 is 4.74 Å². The third-order valence-corrected chi connectivity index (χ3v) is 5.42. The van der Waals surface area contributed by atoms with E-state index in [2.05, 4.69) is 15.4 Å².